The van der Waals surface area contributed by atoms with Crippen LogP contribution in [0.4, 0.5) is 0 Å². The van der Waals surface area contributed by atoms with E-state index in [9.17, 15) is 14.4 Å². The molecule has 7 heteroatoms. The minimum atomic E-state index is -1.69. The molecule has 0 fully saturated rings. The van der Waals surface area contributed by atoms with Gasteiger partial charge in [0.05, 0.1) is 0 Å². The molecule has 0 aromatic rings. The summed E-state index contributed by atoms with van der Waals surface area (Å²) in [5.74, 6) is -1.83. The summed E-state index contributed by atoms with van der Waals surface area (Å²) in [5.41, 5.74) is 4.05. The molecular weight excluding hydrogens is 230 g/mol. The largest absolute Gasteiger partial charge is 0.460 e. The Kier molecular flexibility index (Phi) is 5.60. The van der Waals surface area contributed by atoms with Crippen molar-refractivity contribution in [2.45, 2.75) is 39.5 Å². The minimum Gasteiger partial charge on any atom is -0.460 e. The van der Waals surface area contributed by atoms with E-state index in [0.29, 0.717) is 0 Å². The number of hydrogen-bond donors (Lipinski definition) is 1. The number of nitrogens with two attached hydrogens (primary N) is 1. The highest BCUT2D eigenvalue weighted by atomic mass is 16.6. The minimum absolute atomic E-state index is 0.393. The number of rotatable bonds is 5. The van der Waals surface area contributed by atoms with Gasteiger partial charge in [-0.2, -0.15) is 0 Å². The average Bonchev–Trinajstić information content (AvgIpc) is 2.12. The monoisotopic (exact) mass is 247 g/mol. The fourth-order valence-corrected chi connectivity index (χ4v) is 1.06. The highest BCUT2D eigenvalue weighted by Crippen LogP contribution is 2.14. The van der Waals surface area contributed by atoms with Crippen LogP contribution in [0.25, 0.3) is 0 Å². The third kappa shape index (κ3) is 5.86. The maximum atomic E-state index is 10.9. The first-order valence-corrected chi connectivity index (χ1v) is 4.96. The predicted molar refractivity (Wildman–Crippen MR) is 56.5 cm³/mol. The summed E-state index contributed by atoms with van der Waals surface area (Å²) >= 11 is 0. The van der Waals surface area contributed by atoms with Crippen molar-refractivity contribution in [3.63, 3.8) is 0 Å². The molecule has 0 heterocycles. The molecule has 0 amide bonds. The molecule has 17 heavy (non-hydrogen) atoms. The van der Waals surface area contributed by atoms with E-state index in [4.69, 9.17) is 15.2 Å². The summed E-state index contributed by atoms with van der Waals surface area (Å²) < 4.78 is 14.3. The van der Waals surface area contributed by atoms with Gasteiger partial charge < -0.3 is 14.2 Å². The zero-order valence-corrected chi connectivity index (χ0v) is 10.3. The van der Waals surface area contributed by atoms with Crippen LogP contribution in [0.15, 0.2) is 0 Å². The van der Waals surface area contributed by atoms with Crippen molar-refractivity contribution in [3.05, 3.63) is 0 Å². The van der Waals surface area contributed by atoms with Crippen LogP contribution in [0.3, 0.4) is 0 Å². The second-order valence-corrected chi connectivity index (χ2v) is 3.58. The fourth-order valence-electron chi connectivity index (χ4n) is 1.06. The van der Waals surface area contributed by atoms with Crippen molar-refractivity contribution in [2.75, 3.05) is 6.61 Å². The topological polar surface area (TPSA) is 105 Å². The Morgan fingerprint density at radius 3 is 2.00 bits per heavy atom. The van der Waals surface area contributed by atoms with Gasteiger partial charge in [-0.15, -0.1) is 0 Å². The van der Waals surface area contributed by atoms with Crippen LogP contribution in [-0.4, -0.2) is 36.3 Å². The summed E-state index contributed by atoms with van der Waals surface area (Å²) in [7, 11) is 0. The number of carbonyl (C=O) groups excluding carboxylic acids is 3. The Balaban J connectivity index is 4.74. The second-order valence-electron chi connectivity index (χ2n) is 3.58. The normalized spacial score (nSPS) is 15.4. The quantitative estimate of drug-likeness (QED) is 0.404. The highest BCUT2D eigenvalue weighted by molar-refractivity contribution is 5.68. The molecule has 0 radical (unpaired) electrons. The van der Waals surface area contributed by atoms with Gasteiger partial charge >= 0.3 is 17.9 Å². The lowest BCUT2D eigenvalue weighted by Gasteiger charge is -2.32. The molecule has 0 aliphatic carbocycles. The summed E-state index contributed by atoms with van der Waals surface area (Å²) in [6.45, 7) is 4.57. The van der Waals surface area contributed by atoms with Gasteiger partial charge in [-0.3, -0.25) is 20.1 Å². The summed E-state index contributed by atoms with van der Waals surface area (Å²) in [5, 5.41) is 0. The van der Waals surface area contributed by atoms with Crippen LogP contribution in [0.5, 0.6) is 0 Å². The van der Waals surface area contributed by atoms with E-state index < -0.39 is 36.3 Å². The zero-order chi connectivity index (χ0) is 13.6. The van der Waals surface area contributed by atoms with Gasteiger partial charge in [0.1, 0.15) is 6.61 Å². The molecule has 0 bridgehead atoms. The van der Waals surface area contributed by atoms with Gasteiger partial charge in [-0.1, -0.05) is 0 Å². The maximum absolute atomic E-state index is 10.9. The molecule has 0 saturated heterocycles. The average molecular weight is 247 g/mol. The standard InChI is InChI=1S/C10H17NO6/c1-6(16-8(3)13)10(11,17-9(4)14)5-15-7(2)12/h6H,5,11H2,1-4H3. The van der Waals surface area contributed by atoms with Gasteiger partial charge in [0.25, 0.3) is 0 Å². The van der Waals surface area contributed by atoms with Crippen molar-refractivity contribution in [1.82, 2.24) is 0 Å². The van der Waals surface area contributed by atoms with Crippen molar-refractivity contribution in [1.29, 1.82) is 0 Å². The Hall–Kier alpha value is -1.63. The smallest absolute Gasteiger partial charge is 0.304 e. The van der Waals surface area contributed by atoms with Crippen LogP contribution >= 0.6 is 0 Å². The summed E-state index contributed by atoms with van der Waals surface area (Å²) in [6.07, 6.45) is -0.941. The molecule has 98 valence electrons. The van der Waals surface area contributed by atoms with Crippen LogP contribution in [0.2, 0.25) is 0 Å². The number of hydrogen-bond acceptors (Lipinski definition) is 7. The van der Waals surface area contributed by atoms with Crippen LogP contribution < -0.4 is 5.73 Å². The van der Waals surface area contributed by atoms with Gasteiger partial charge in [0.15, 0.2) is 6.10 Å². The van der Waals surface area contributed by atoms with Crippen LogP contribution in [0, 0.1) is 0 Å². The first kappa shape index (κ1) is 15.4. The van der Waals surface area contributed by atoms with Crippen molar-refractivity contribution in [3.8, 4) is 0 Å². The van der Waals surface area contributed by atoms with Crippen molar-refractivity contribution in [2.24, 2.45) is 5.73 Å². The second kappa shape index (κ2) is 6.19. The van der Waals surface area contributed by atoms with Crippen LogP contribution in [-0.2, 0) is 28.6 Å². The molecule has 2 unspecified atom stereocenters. The molecule has 0 aromatic carbocycles. The third-order valence-corrected chi connectivity index (χ3v) is 1.87. The van der Waals surface area contributed by atoms with Crippen molar-refractivity contribution >= 4 is 17.9 Å². The lowest BCUT2D eigenvalue weighted by molar-refractivity contribution is -0.193. The van der Waals surface area contributed by atoms with Gasteiger partial charge in [-0.05, 0) is 6.92 Å². The number of ether oxygens (including phenoxy) is 3. The van der Waals surface area contributed by atoms with E-state index in [1.807, 2.05) is 0 Å². The molecule has 0 saturated carbocycles. The molecule has 0 rings (SSSR count). The third-order valence-electron chi connectivity index (χ3n) is 1.87. The first-order chi connectivity index (χ1) is 7.67. The molecule has 2 atom stereocenters. The molecule has 0 aliphatic heterocycles. The maximum Gasteiger partial charge on any atom is 0.304 e. The molecule has 2 N–H and O–H groups in total. The van der Waals surface area contributed by atoms with E-state index in [-0.39, 0.29) is 0 Å². The molecule has 0 spiro atoms. The van der Waals surface area contributed by atoms with E-state index in [2.05, 4.69) is 4.74 Å². The molecular formula is C10H17NO6. The molecule has 0 aliphatic rings. The van der Waals surface area contributed by atoms with Gasteiger partial charge in [0, 0.05) is 20.8 Å². The highest BCUT2D eigenvalue weighted by Gasteiger charge is 2.39. The van der Waals surface area contributed by atoms with E-state index in [0.717, 1.165) is 6.92 Å². The fraction of sp³-hybridized carbons (Fsp3) is 0.700. The Morgan fingerprint density at radius 1 is 1.12 bits per heavy atom. The number of esters is 3. The van der Waals surface area contributed by atoms with Crippen molar-refractivity contribution < 1.29 is 28.6 Å². The summed E-state index contributed by atoms with van der Waals surface area (Å²) in [4.78, 5) is 32.4. The van der Waals surface area contributed by atoms with E-state index in [1.54, 1.807) is 0 Å². The first-order valence-electron chi connectivity index (χ1n) is 4.96. The van der Waals surface area contributed by atoms with Gasteiger partial charge in [-0.25, -0.2) is 0 Å². The van der Waals surface area contributed by atoms with E-state index >= 15 is 0 Å². The SMILES string of the molecule is CC(=O)OCC(N)(OC(C)=O)C(C)OC(C)=O. The van der Waals surface area contributed by atoms with E-state index in [1.165, 1.54) is 20.8 Å². The Labute approximate surface area is 99.2 Å². The zero-order valence-electron chi connectivity index (χ0n) is 10.3. The Morgan fingerprint density at radius 2 is 1.65 bits per heavy atom. The molecule has 7 nitrogen and oxygen atoms in total. The lowest BCUT2D eigenvalue weighted by Crippen LogP contribution is -2.58. The van der Waals surface area contributed by atoms with Gasteiger partial charge in [0.2, 0.25) is 5.72 Å². The number of carbonyl (C=O) groups is 3. The molecule has 0 aromatic heterocycles. The lowest BCUT2D eigenvalue weighted by atomic mass is 10.1. The Bertz CT molecular complexity index is 316. The summed E-state index contributed by atoms with van der Waals surface area (Å²) in [6, 6.07) is 0. The van der Waals surface area contributed by atoms with Crippen LogP contribution in [0.1, 0.15) is 27.7 Å². The predicted octanol–water partition coefficient (Wildman–Crippen LogP) is -0.281.